The highest BCUT2D eigenvalue weighted by Crippen LogP contribution is 2.23. The fourth-order valence-corrected chi connectivity index (χ4v) is 2.84. The quantitative estimate of drug-likeness (QED) is 0.938. The van der Waals surface area contributed by atoms with Crippen LogP contribution in [0.2, 0.25) is 0 Å². The highest BCUT2D eigenvalue weighted by Gasteiger charge is 2.08. The van der Waals surface area contributed by atoms with Crippen LogP contribution in [-0.2, 0) is 13.0 Å². The molecule has 2 rings (SSSR count). The number of hydrogen-bond acceptors (Lipinski definition) is 5. The highest BCUT2D eigenvalue weighted by atomic mass is 79.9. The summed E-state index contributed by atoms with van der Waals surface area (Å²) in [6.07, 6.45) is 0.788. The van der Waals surface area contributed by atoms with Gasteiger partial charge in [-0.2, -0.15) is 0 Å². The van der Waals surface area contributed by atoms with Gasteiger partial charge in [0.25, 0.3) is 0 Å². The van der Waals surface area contributed by atoms with E-state index in [0.29, 0.717) is 5.82 Å². The summed E-state index contributed by atoms with van der Waals surface area (Å²) >= 11 is 5.15. The van der Waals surface area contributed by atoms with Crippen LogP contribution in [0.1, 0.15) is 18.3 Å². The van der Waals surface area contributed by atoms with Crippen LogP contribution in [0.5, 0.6) is 0 Å². The smallest absolute Gasteiger partial charge is 0.134 e. The van der Waals surface area contributed by atoms with Crippen LogP contribution in [0.3, 0.4) is 0 Å². The molecule has 0 saturated carbocycles. The van der Waals surface area contributed by atoms with E-state index in [1.165, 1.54) is 5.56 Å². The Hall–Kier alpha value is -1.14. The van der Waals surface area contributed by atoms with Crippen molar-refractivity contribution in [2.75, 3.05) is 17.7 Å². The summed E-state index contributed by atoms with van der Waals surface area (Å²) in [7, 11) is 2.01. The molecule has 2 heterocycles. The average Bonchev–Trinajstić information content (AvgIpc) is 2.73. The van der Waals surface area contributed by atoms with Crippen LogP contribution in [0.25, 0.3) is 0 Å². The summed E-state index contributed by atoms with van der Waals surface area (Å²) < 4.78 is 1.14. The summed E-state index contributed by atoms with van der Waals surface area (Å²) in [6, 6.07) is 3.92. The summed E-state index contributed by atoms with van der Waals surface area (Å²) in [5, 5.41) is 2.13. The van der Waals surface area contributed by atoms with Crippen molar-refractivity contribution in [2.45, 2.75) is 19.9 Å². The second-order valence-electron chi connectivity index (χ2n) is 4.04. The molecule has 0 aliphatic rings. The molecule has 0 fully saturated rings. The van der Waals surface area contributed by atoms with Crippen LogP contribution in [0.4, 0.5) is 11.6 Å². The maximum absolute atomic E-state index is 5.79. The van der Waals surface area contributed by atoms with Crippen molar-refractivity contribution in [3.63, 3.8) is 0 Å². The zero-order valence-corrected chi connectivity index (χ0v) is 12.8. The number of nitrogen functional groups attached to an aromatic ring is 1. The maximum atomic E-state index is 5.79. The van der Waals surface area contributed by atoms with Gasteiger partial charge >= 0.3 is 0 Å². The molecule has 18 heavy (non-hydrogen) atoms. The second kappa shape index (κ2) is 5.67. The van der Waals surface area contributed by atoms with Gasteiger partial charge in [0.1, 0.15) is 17.5 Å². The number of aryl methyl sites for hydroxylation is 1. The predicted molar refractivity (Wildman–Crippen MR) is 79.9 cm³/mol. The topological polar surface area (TPSA) is 55.0 Å². The minimum atomic E-state index is 0.523. The molecular weight excluding hydrogens is 312 g/mol. The SMILES string of the molecule is CCc1nc(N)cc(N(C)Cc2csc(Br)c2)n1. The van der Waals surface area contributed by atoms with E-state index in [-0.39, 0.29) is 0 Å². The number of anilines is 2. The number of aromatic nitrogens is 2. The highest BCUT2D eigenvalue weighted by molar-refractivity contribution is 9.11. The average molecular weight is 327 g/mol. The zero-order valence-electron chi connectivity index (χ0n) is 10.4. The van der Waals surface area contributed by atoms with E-state index in [2.05, 4.69) is 42.2 Å². The first kappa shape index (κ1) is 13.3. The lowest BCUT2D eigenvalue weighted by atomic mass is 10.3. The van der Waals surface area contributed by atoms with E-state index in [1.54, 1.807) is 17.4 Å². The van der Waals surface area contributed by atoms with Gasteiger partial charge in [-0.1, -0.05) is 6.92 Å². The molecule has 0 aromatic carbocycles. The van der Waals surface area contributed by atoms with Crippen molar-refractivity contribution in [3.8, 4) is 0 Å². The number of halogens is 1. The van der Waals surface area contributed by atoms with Crippen LogP contribution < -0.4 is 10.6 Å². The van der Waals surface area contributed by atoms with E-state index in [9.17, 15) is 0 Å². The first-order chi connectivity index (χ1) is 8.58. The molecule has 0 radical (unpaired) electrons. The lowest BCUT2D eigenvalue weighted by molar-refractivity contribution is 0.863. The van der Waals surface area contributed by atoms with Crippen molar-refractivity contribution >= 4 is 38.9 Å². The van der Waals surface area contributed by atoms with Gasteiger partial charge < -0.3 is 10.6 Å². The minimum Gasteiger partial charge on any atom is -0.384 e. The van der Waals surface area contributed by atoms with Gasteiger partial charge in [0, 0.05) is 26.1 Å². The molecule has 2 aromatic rings. The third kappa shape index (κ3) is 3.20. The van der Waals surface area contributed by atoms with Crippen molar-refractivity contribution in [1.82, 2.24) is 9.97 Å². The fraction of sp³-hybridized carbons (Fsp3) is 0.333. The first-order valence-electron chi connectivity index (χ1n) is 5.66. The lowest BCUT2D eigenvalue weighted by Gasteiger charge is -2.18. The van der Waals surface area contributed by atoms with Gasteiger partial charge in [-0.3, -0.25) is 0 Å². The molecule has 0 aliphatic heterocycles. The maximum Gasteiger partial charge on any atom is 0.134 e. The van der Waals surface area contributed by atoms with E-state index >= 15 is 0 Å². The van der Waals surface area contributed by atoms with Crippen molar-refractivity contribution < 1.29 is 0 Å². The Balaban J connectivity index is 2.17. The summed E-state index contributed by atoms with van der Waals surface area (Å²) in [4.78, 5) is 10.7. The largest absolute Gasteiger partial charge is 0.384 e. The molecule has 2 N–H and O–H groups in total. The molecule has 6 heteroatoms. The second-order valence-corrected chi connectivity index (χ2v) is 6.33. The van der Waals surface area contributed by atoms with Crippen LogP contribution in [0.15, 0.2) is 21.3 Å². The predicted octanol–water partition coefficient (Wildman–Crippen LogP) is 3.08. The minimum absolute atomic E-state index is 0.523. The fourth-order valence-electron chi connectivity index (χ4n) is 1.64. The van der Waals surface area contributed by atoms with Gasteiger partial charge in [0.05, 0.1) is 3.79 Å². The summed E-state index contributed by atoms with van der Waals surface area (Å²) in [6.45, 7) is 2.83. The Kier molecular flexibility index (Phi) is 4.19. The number of nitrogens with two attached hydrogens (primary N) is 1. The Morgan fingerprint density at radius 1 is 1.39 bits per heavy atom. The number of rotatable bonds is 4. The monoisotopic (exact) mass is 326 g/mol. The molecule has 0 saturated heterocycles. The molecule has 0 bridgehead atoms. The summed E-state index contributed by atoms with van der Waals surface area (Å²) in [5.74, 6) is 2.17. The third-order valence-corrected chi connectivity index (χ3v) is 4.08. The van der Waals surface area contributed by atoms with Crippen molar-refractivity contribution in [3.05, 3.63) is 32.7 Å². The molecule has 0 unspecified atom stereocenters. The van der Waals surface area contributed by atoms with Gasteiger partial charge in [0.15, 0.2) is 0 Å². The Labute approximate surface area is 119 Å². The molecule has 4 nitrogen and oxygen atoms in total. The van der Waals surface area contributed by atoms with Gasteiger partial charge in [-0.05, 0) is 32.9 Å². The van der Waals surface area contributed by atoms with Crippen molar-refractivity contribution in [1.29, 1.82) is 0 Å². The molecule has 0 aliphatic carbocycles. The lowest BCUT2D eigenvalue weighted by Crippen LogP contribution is -2.18. The van der Waals surface area contributed by atoms with E-state index in [4.69, 9.17) is 5.73 Å². The number of hydrogen-bond donors (Lipinski definition) is 1. The first-order valence-corrected chi connectivity index (χ1v) is 7.33. The normalized spacial score (nSPS) is 10.6. The third-order valence-electron chi connectivity index (χ3n) is 2.53. The van der Waals surface area contributed by atoms with E-state index in [1.807, 2.05) is 14.0 Å². The summed E-state index contributed by atoms with van der Waals surface area (Å²) in [5.41, 5.74) is 7.04. The molecule has 2 aromatic heterocycles. The standard InChI is InChI=1S/C12H15BrN4S/c1-3-11-15-10(14)5-12(16-11)17(2)6-8-4-9(13)18-7-8/h4-5,7H,3,6H2,1-2H3,(H2,14,15,16). The molecule has 0 amide bonds. The number of thiophene rings is 1. The Morgan fingerprint density at radius 3 is 2.78 bits per heavy atom. The van der Waals surface area contributed by atoms with Crippen LogP contribution in [-0.4, -0.2) is 17.0 Å². The zero-order chi connectivity index (χ0) is 13.1. The van der Waals surface area contributed by atoms with Gasteiger partial charge in [-0.15, -0.1) is 11.3 Å². The Bertz CT molecular complexity index is 541. The van der Waals surface area contributed by atoms with Gasteiger partial charge in [0.2, 0.25) is 0 Å². The van der Waals surface area contributed by atoms with E-state index < -0.39 is 0 Å². The molecule has 96 valence electrons. The molecular formula is C12H15BrN4S. The molecule has 0 spiro atoms. The Morgan fingerprint density at radius 2 is 2.17 bits per heavy atom. The van der Waals surface area contributed by atoms with E-state index in [0.717, 1.165) is 28.4 Å². The van der Waals surface area contributed by atoms with Crippen molar-refractivity contribution in [2.24, 2.45) is 0 Å². The van der Waals surface area contributed by atoms with Gasteiger partial charge in [-0.25, -0.2) is 9.97 Å². The molecule has 0 atom stereocenters. The number of nitrogens with zero attached hydrogens (tertiary/aromatic N) is 3. The van der Waals surface area contributed by atoms with Crippen LogP contribution >= 0.6 is 27.3 Å². The van der Waals surface area contributed by atoms with Crippen LogP contribution in [0, 0.1) is 0 Å².